The molecule has 2 heteroatoms. The third-order valence-electron chi connectivity index (χ3n) is 4.35. The maximum absolute atomic E-state index is 3.66. The maximum atomic E-state index is 3.66. The molecule has 0 radical (unpaired) electrons. The number of likely N-dealkylation sites (N-methyl/N-ethyl adjacent to an activating group) is 1. The van der Waals surface area contributed by atoms with Crippen molar-refractivity contribution >= 4 is 0 Å². The van der Waals surface area contributed by atoms with E-state index in [1.54, 1.807) is 0 Å². The van der Waals surface area contributed by atoms with E-state index in [1.165, 1.54) is 11.1 Å². The average Bonchev–Trinajstić information content (AvgIpc) is 2.38. The van der Waals surface area contributed by atoms with Crippen LogP contribution >= 0.6 is 0 Å². The van der Waals surface area contributed by atoms with Crippen LogP contribution in [0.25, 0.3) is 0 Å². The highest BCUT2D eigenvalue weighted by Crippen LogP contribution is 2.24. The molecule has 0 amide bonds. The zero-order valence-electron chi connectivity index (χ0n) is 12.1. The summed E-state index contributed by atoms with van der Waals surface area (Å²) in [5.74, 6) is 0.703. The van der Waals surface area contributed by atoms with Gasteiger partial charge in [-0.1, -0.05) is 38.1 Å². The Morgan fingerprint density at radius 2 is 2.00 bits per heavy atom. The summed E-state index contributed by atoms with van der Waals surface area (Å²) >= 11 is 0. The number of hydrogen-bond donors (Lipinski definition) is 1. The van der Waals surface area contributed by atoms with Crippen LogP contribution in [0.3, 0.4) is 0 Å². The van der Waals surface area contributed by atoms with Crippen molar-refractivity contribution in [2.75, 3.05) is 20.1 Å². The zero-order valence-corrected chi connectivity index (χ0v) is 12.1. The summed E-state index contributed by atoms with van der Waals surface area (Å²) in [6.07, 6.45) is 1.16. The van der Waals surface area contributed by atoms with Crippen LogP contribution in [0.1, 0.15) is 37.9 Å². The molecule has 0 saturated carbocycles. The predicted molar refractivity (Wildman–Crippen MR) is 77.8 cm³/mol. The van der Waals surface area contributed by atoms with Gasteiger partial charge in [-0.25, -0.2) is 0 Å². The minimum absolute atomic E-state index is 0.487. The number of rotatable bonds is 4. The van der Waals surface area contributed by atoms with Gasteiger partial charge < -0.3 is 10.2 Å². The van der Waals surface area contributed by atoms with E-state index in [-0.39, 0.29) is 0 Å². The molecular weight excluding hydrogens is 220 g/mol. The first-order valence-electron chi connectivity index (χ1n) is 7.11. The fraction of sp³-hybridized carbons (Fsp3) is 0.625. The van der Waals surface area contributed by atoms with Gasteiger partial charge in [-0.15, -0.1) is 0 Å². The van der Waals surface area contributed by atoms with Crippen LogP contribution < -0.4 is 5.32 Å². The van der Waals surface area contributed by atoms with E-state index in [4.69, 9.17) is 0 Å². The number of nitrogens with one attached hydrogen (secondary N) is 1. The van der Waals surface area contributed by atoms with Gasteiger partial charge in [0.05, 0.1) is 0 Å². The Kier molecular flexibility index (Phi) is 4.41. The molecular formula is C16H26N2. The predicted octanol–water partition coefficient (Wildman–Crippen LogP) is 2.85. The van der Waals surface area contributed by atoms with Gasteiger partial charge in [0.15, 0.2) is 0 Å². The van der Waals surface area contributed by atoms with Crippen LogP contribution in [0.2, 0.25) is 0 Å². The molecule has 1 aliphatic heterocycles. The van der Waals surface area contributed by atoms with Gasteiger partial charge in [0.1, 0.15) is 0 Å². The first-order valence-corrected chi connectivity index (χ1v) is 7.11. The first-order chi connectivity index (χ1) is 8.59. The summed E-state index contributed by atoms with van der Waals surface area (Å²) in [7, 11) is 2.24. The molecule has 1 aliphatic rings. The lowest BCUT2D eigenvalue weighted by molar-refractivity contribution is 0.186. The smallest absolute Gasteiger partial charge is 0.0452 e. The van der Waals surface area contributed by atoms with Gasteiger partial charge in [-0.3, -0.25) is 0 Å². The molecule has 0 saturated heterocycles. The maximum Gasteiger partial charge on any atom is 0.0452 e. The third kappa shape index (κ3) is 2.93. The van der Waals surface area contributed by atoms with E-state index in [0.717, 1.165) is 19.5 Å². The van der Waals surface area contributed by atoms with Crippen molar-refractivity contribution in [3.63, 3.8) is 0 Å². The standard InChI is InChI=1S/C16H26N2/c1-12(2)13(3)18(4)11-16-15-8-6-5-7-14(15)9-10-17-16/h5-8,12-13,16-17H,9-11H2,1-4H3. The first kappa shape index (κ1) is 13.6. The second kappa shape index (κ2) is 5.85. The van der Waals surface area contributed by atoms with Gasteiger partial charge in [-0.2, -0.15) is 0 Å². The largest absolute Gasteiger partial charge is 0.309 e. The molecule has 2 unspecified atom stereocenters. The van der Waals surface area contributed by atoms with Crippen molar-refractivity contribution in [1.29, 1.82) is 0 Å². The van der Waals surface area contributed by atoms with Crippen molar-refractivity contribution in [3.05, 3.63) is 35.4 Å². The molecule has 1 heterocycles. The topological polar surface area (TPSA) is 15.3 Å². The second-order valence-electron chi connectivity index (χ2n) is 5.88. The summed E-state index contributed by atoms with van der Waals surface area (Å²) < 4.78 is 0. The highest BCUT2D eigenvalue weighted by Gasteiger charge is 2.22. The van der Waals surface area contributed by atoms with Crippen molar-refractivity contribution in [2.45, 2.75) is 39.3 Å². The minimum Gasteiger partial charge on any atom is -0.309 e. The summed E-state index contributed by atoms with van der Waals surface area (Å²) in [5, 5.41) is 3.66. The van der Waals surface area contributed by atoms with E-state index in [1.807, 2.05) is 0 Å². The zero-order chi connectivity index (χ0) is 13.1. The summed E-state index contributed by atoms with van der Waals surface area (Å²) in [6, 6.07) is 9.98. The van der Waals surface area contributed by atoms with Crippen molar-refractivity contribution in [1.82, 2.24) is 10.2 Å². The lowest BCUT2D eigenvalue weighted by Crippen LogP contribution is -2.42. The fourth-order valence-corrected chi connectivity index (χ4v) is 2.72. The molecule has 0 aliphatic carbocycles. The van der Waals surface area contributed by atoms with E-state index in [0.29, 0.717) is 18.0 Å². The molecule has 2 nitrogen and oxygen atoms in total. The Morgan fingerprint density at radius 3 is 2.72 bits per heavy atom. The average molecular weight is 246 g/mol. The van der Waals surface area contributed by atoms with Gasteiger partial charge in [0, 0.05) is 18.6 Å². The molecule has 0 spiro atoms. The lowest BCUT2D eigenvalue weighted by Gasteiger charge is -2.34. The van der Waals surface area contributed by atoms with Crippen LogP contribution in [-0.4, -0.2) is 31.1 Å². The van der Waals surface area contributed by atoms with Crippen LogP contribution in [0.15, 0.2) is 24.3 Å². The number of benzene rings is 1. The van der Waals surface area contributed by atoms with Crippen molar-refractivity contribution < 1.29 is 0 Å². The SMILES string of the molecule is CC(C)C(C)N(C)CC1NCCc2ccccc21. The van der Waals surface area contributed by atoms with E-state index < -0.39 is 0 Å². The summed E-state index contributed by atoms with van der Waals surface area (Å²) in [6.45, 7) is 9.11. The fourth-order valence-electron chi connectivity index (χ4n) is 2.72. The molecule has 2 rings (SSSR count). The van der Waals surface area contributed by atoms with Crippen LogP contribution in [0.4, 0.5) is 0 Å². The quantitative estimate of drug-likeness (QED) is 0.879. The lowest BCUT2D eigenvalue weighted by atomic mass is 9.93. The molecule has 18 heavy (non-hydrogen) atoms. The molecule has 0 bridgehead atoms. The Hall–Kier alpha value is -0.860. The Bertz CT molecular complexity index is 386. The highest BCUT2D eigenvalue weighted by atomic mass is 15.2. The van der Waals surface area contributed by atoms with Crippen molar-refractivity contribution in [3.8, 4) is 0 Å². The van der Waals surface area contributed by atoms with Crippen LogP contribution in [-0.2, 0) is 6.42 Å². The Morgan fingerprint density at radius 1 is 1.28 bits per heavy atom. The molecule has 0 aromatic heterocycles. The van der Waals surface area contributed by atoms with Crippen LogP contribution in [0.5, 0.6) is 0 Å². The molecule has 1 aromatic rings. The molecule has 1 N–H and O–H groups in total. The molecule has 100 valence electrons. The monoisotopic (exact) mass is 246 g/mol. The molecule has 1 aromatic carbocycles. The number of fused-ring (bicyclic) bond motifs is 1. The minimum atomic E-state index is 0.487. The van der Waals surface area contributed by atoms with Crippen molar-refractivity contribution in [2.24, 2.45) is 5.92 Å². The van der Waals surface area contributed by atoms with Gasteiger partial charge in [0.2, 0.25) is 0 Å². The Labute approximate surface area is 111 Å². The number of hydrogen-bond acceptors (Lipinski definition) is 2. The van der Waals surface area contributed by atoms with E-state index >= 15 is 0 Å². The Balaban J connectivity index is 2.07. The van der Waals surface area contributed by atoms with E-state index in [9.17, 15) is 0 Å². The third-order valence-corrected chi connectivity index (χ3v) is 4.35. The molecule has 0 fully saturated rings. The normalized spacial score (nSPS) is 21.1. The van der Waals surface area contributed by atoms with Gasteiger partial charge >= 0.3 is 0 Å². The van der Waals surface area contributed by atoms with Crippen LogP contribution in [0, 0.1) is 5.92 Å². The van der Waals surface area contributed by atoms with Gasteiger partial charge in [0.25, 0.3) is 0 Å². The van der Waals surface area contributed by atoms with Gasteiger partial charge in [-0.05, 0) is 44.0 Å². The number of nitrogens with zero attached hydrogens (tertiary/aromatic N) is 1. The summed E-state index contributed by atoms with van der Waals surface area (Å²) in [5.41, 5.74) is 3.01. The van der Waals surface area contributed by atoms with E-state index in [2.05, 4.69) is 62.3 Å². The second-order valence-corrected chi connectivity index (χ2v) is 5.88. The summed E-state index contributed by atoms with van der Waals surface area (Å²) in [4.78, 5) is 2.48. The highest BCUT2D eigenvalue weighted by molar-refractivity contribution is 5.32. The molecule has 2 atom stereocenters.